The summed E-state index contributed by atoms with van der Waals surface area (Å²) in [4.78, 5) is 7.83. The number of rotatable bonds is 6. The van der Waals surface area contributed by atoms with Gasteiger partial charge in [-0.1, -0.05) is 6.92 Å². The van der Waals surface area contributed by atoms with Crippen molar-refractivity contribution in [1.29, 1.82) is 0 Å². The van der Waals surface area contributed by atoms with Crippen LogP contribution in [0.3, 0.4) is 0 Å². The molecule has 0 aliphatic carbocycles. The molecule has 0 aromatic carbocycles. The number of aliphatic imine (C=N–C) groups is 2. The van der Waals surface area contributed by atoms with Crippen LogP contribution in [-0.2, 0) is 0 Å². The van der Waals surface area contributed by atoms with Gasteiger partial charge in [-0.2, -0.15) is 0 Å². The van der Waals surface area contributed by atoms with Crippen LogP contribution in [-0.4, -0.2) is 32.2 Å². The van der Waals surface area contributed by atoms with Gasteiger partial charge in [0.05, 0.1) is 12.6 Å². The van der Waals surface area contributed by atoms with Gasteiger partial charge >= 0.3 is 0 Å². The number of hydrogen-bond acceptors (Lipinski definition) is 3. The summed E-state index contributed by atoms with van der Waals surface area (Å²) in [6, 6.07) is 2.63. The molecule has 0 heterocycles. The van der Waals surface area contributed by atoms with Gasteiger partial charge in [0.25, 0.3) is 0 Å². The summed E-state index contributed by atoms with van der Waals surface area (Å²) in [5, 5.41) is 3.22. The molecular weight excluding hydrogens is 138 g/mol. The Balaban J connectivity index is 3.07. The van der Waals surface area contributed by atoms with E-state index in [1.165, 1.54) is 0 Å². The number of nitrogens with one attached hydrogen (secondary N) is 1. The average molecular weight is 155 g/mol. The van der Waals surface area contributed by atoms with E-state index in [1.807, 2.05) is 6.92 Å². The lowest BCUT2D eigenvalue weighted by atomic mass is 10.4. The highest BCUT2D eigenvalue weighted by Crippen LogP contribution is 1.76. The summed E-state index contributed by atoms with van der Waals surface area (Å²) in [6.07, 6.45) is 1.07. The zero-order chi connectivity index (χ0) is 8.36. The van der Waals surface area contributed by atoms with E-state index in [2.05, 4.69) is 28.2 Å². The minimum Gasteiger partial charge on any atom is -0.317 e. The first-order valence-corrected chi connectivity index (χ1v) is 4.20. The summed E-state index contributed by atoms with van der Waals surface area (Å²) in [5.41, 5.74) is 0. The van der Waals surface area contributed by atoms with Gasteiger partial charge < -0.3 is 5.32 Å². The van der Waals surface area contributed by atoms with Crippen LogP contribution in [0.1, 0.15) is 20.3 Å². The van der Waals surface area contributed by atoms with Crippen molar-refractivity contribution in [3.8, 4) is 0 Å². The van der Waals surface area contributed by atoms with E-state index in [4.69, 9.17) is 0 Å². The van der Waals surface area contributed by atoms with Crippen molar-refractivity contribution in [2.45, 2.75) is 20.3 Å². The highest BCUT2D eigenvalue weighted by atomic mass is 14.9. The van der Waals surface area contributed by atoms with Crippen LogP contribution in [0.2, 0.25) is 0 Å². The van der Waals surface area contributed by atoms with Crippen molar-refractivity contribution in [3.05, 3.63) is 0 Å². The first kappa shape index (κ1) is 10.3. The van der Waals surface area contributed by atoms with Crippen LogP contribution < -0.4 is 5.32 Å². The van der Waals surface area contributed by atoms with E-state index in [0.717, 1.165) is 32.6 Å². The SMILES string of the molecule is CCN=C=NCCCNCC. The Morgan fingerprint density at radius 1 is 1.27 bits per heavy atom. The van der Waals surface area contributed by atoms with Crippen molar-refractivity contribution < 1.29 is 0 Å². The molecule has 0 aromatic heterocycles. The smallest absolute Gasteiger partial charge is 0.0892 e. The number of hydrogen-bond donors (Lipinski definition) is 1. The van der Waals surface area contributed by atoms with Gasteiger partial charge in [-0.05, 0) is 26.4 Å². The van der Waals surface area contributed by atoms with E-state index >= 15 is 0 Å². The van der Waals surface area contributed by atoms with Crippen LogP contribution >= 0.6 is 0 Å². The molecule has 64 valence electrons. The zero-order valence-corrected chi connectivity index (χ0v) is 7.43. The largest absolute Gasteiger partial charge is 0.317 e. The van der Waals surface area contributed by atoms with Crippen molar-refractivity contribution in [1.82, 2.24) is 5.32 Å². The fraction of sp³-hybridized carbons (Fsp3) is 0.875. The van der Waals surface area contributed by atoms with E-state index < -0.39 is 0 Å². The Morgan fingerprint density at radius 3 is 2.73 bits per heavy atom. The monoisotopic (exact) mass is 155 g/mol. The zero-order valence-electron chi connectivity index (χ0n) is 7.43. The standard InChI is InChI=1S/C8H17N3/c1-3-9-6-5-7-11-8-10-4-2/h9H,3-7H2,1-2H3. The summed E-state index contributed by atoms with van der Waals surface area (Å²) in [6.45, 7) is 7.75. The maximum absolute atomic E-state index is 3.98. The minimum absolute atomic E-state index is 0.775. The molecule has 0 rings (SSSR count). The molecule has 0 atom stereocenters. The molecule has 3 nitrogen and oxygen atoms in total. The van der Waals surface area contributed by atoms with Gasteiger partial charge in [0.15, 0.2) is 0 Å². The van der Waals surface area contributed by atoms with Crippen molar-refractivity contribution in [2.75, 3.05) is 26.2 Å². The molecule has 0 saturated carbocycles. The Hall–Kier alpha value is -0.660. The lowest BCUT2D eigenvalue weighted by Gasteiger charge is -1.95. The van der Waals surface area contributed by atoms with E-state index in [9.17, 15) is 0 Å². The fourth-order valence-electron chi connectivity index (χ4n) is 0.631. The highest BCUT2D eigenvalue weighted by Gasteiger charge is 1.81. The van der Waals surface area contributed by atoms with Gasteiger partial charge in [0.2, 0.25) is 0 Å². The van der Waals surface area contributed by atoms with Gasteiger partial charge in [0.1, 0.15) is 0 Å². The minimum atomic E-state index is 0.775. The average Bonchev–Trinajstić information content (AvgIpc) is 2.03. The van der Waals surface area contributed by atoms with Crippen molar-refractivity contribution in [2.24, 2.45) is 9.98 Å². The molecule has 1 N–H and O–H groups in total. The highest BCUT2D eigenvalue weighted by molar-refractivity contribution is 5.40. The second-order valence-electron chi connectivity index (χ2n) is 2.16. The Labute approximate surface area is 68.6 Å². The molecule has 0 aliphatic rings. The van der Waals surface area contributed by atoms with Gasteiger partial charge in [-0.25, -0.2) is 9.98 Å². The molecule has 0 fully saturated rings. The lowest BCUT2D eigenvalue weighted by molar-refractivity contribution is 0.680. The molecule has 0 saturated heterocycles. The van der Waals surface area contributed by atoms with Crippen LogP contribution in [0.4, 0.5) is 0 Å². The fourth-order valence-corrected chi connectivity index (χ4v) is 0.631. The Morgan fingerprint density at radius 2 is 2.09 bits per heavy atom. The Bertz CT molecular complexity index is 125. The van der Waals surface area contributed by atoms with Crippen LogP contribution in [0.15, 0.2) is 9.98 Å². The third-order valence-electron chi connectivity index (χ3n) is 1.17. The second kappa shape index (κ2) is 9.34. The molecule has 0 aromatic rings. The molecule has 0 amide bonds. The summed E-state index contributed by atoms with van der Waals surface area (Å²) >= 11 is 0. The molecule has 0 radical (unpaired) electrons. The van der Waals surface area contributed by atoms with Crippen LogP contribution in [0.25, 0.3) is 0 Å². The molecule has 0 unspecified atom stereocenters. The normalized spacial score (nSPS) is 8.91. The first-order chi connectivity index (χ1) is 5.41. The topological polar surface area (TPSA) is 36.8 Å². The second-order valence-corrected chi connectivity index (χ2v) is 2.16. The third kappa shape index (κ3) is 9.34. The summed E-state index contributed by atoms with van der Waals surface area (Å²) in [5.74, 6) is 0. The maximum atomic E-state index is 3.98. The van der Waals surface area contributed by atoms with Crippen LogP contribution in [0, 0.1) is 0 Å². The van der Waals surface area contributed by atoms with Crippen molar-refractivity contribution in [3.63, 3.8) is 0 Å². The van der Waals surface area contributed by atoms with Gasteiger partial charge in [-0.15, -0.1) is 0 Å². The summed E-state index contributed by atoms with van der Waals surface area (Å²) in [7, 11) is 0. The number of nitrogens with zero attached hydrogens (tertiary/aromatic N) is 2. The molecule has 0 spiro atoms. The Kier molecular flexibility index (Phi) is 8.78. The first-order valence-electron chi connectivity index (χ1n) is 4.20. The van der Waals surface area contributed by atoms with Gasteiger partial charge in [0, 0.05) is 6.54 Å². The molecule has 11 heavy (non-hydrogen) atoms. The quantitative estimate of drug-likeness (QED) is 0.454. The molecular formula is C8H17N3. The van der Waals surface area contributed by atoms with Crippen molar-refractivity contribution >= 4 is 6.01 Å². The maximum Gasteiger partial charge on any atom is 0.0892 e. The molecule has 0 aliphatic heterocycles. The molecule has 3 heteroatoms. The van der Waals surface area contributed by atoms with E-state index in [-0.39, 0.29) is 0 Å². The van der Waals surface area contributed by atoms with E-state index in [0.29, 0.717) is 0 Å². The lowest BCUT2D eigenvalue weighted by Crippen LogP contribution is -2.14. The predicted octanol–water partition coefficient (Wildman–Crippen LogP) is 1.18. The van der Waals surface area contributed by atoms with Gasteiger partial charge in [-0.3, -0.25) is 0 Å². The van der Waals surface area contributed by atoms with E-state index in [1.54, 1.807) is 0 Å². The summed E-state index contributed by atoms with van der Waals surface area (Å²) < 4.78 is 0. The third-order valence-corrected chi connectivity index (χ3v) is 1.17. The van der Waals surface area contributed by atoms with Crippen LogP contribution in [0.5, 0.6) is 0 Å². The predicted molar refractivity (Wildman–Crippen MR) is 48.4 cm³/mol. The molecule has 0 bridgehead atoms.